The van der Waals surface area contributed by atoms with Crippen molar-refractivity contribution < 1.29 is 4.39 Å². The molecule has 1 aliphatic rings. The monoisotopic (exact) mass is 359 g/mol. The van der Waals surface area contributed by atoms with E-state index >= 15 is 0 Å². The summed E-state index contributed by atoms with van der Waals surface area (Å²) in [6.45, 7) is 0. The highest BCUT2D eigenvalue weighted by Gasteiger charge is 2.23. The molecule has 0 radical (unpaired) electrons. The smallest absolute Gasteiger partial charge is 0.138 e. The van der Waals surface area contributed by atoms with Crippen LogP contribution >= 0.6 is 0 Å². The van der Waals surface area contributed by atoms with Crippen LogP contribution in [0, 0.1) is 5.82 Å². The first kappa shape index (κ1) is 15.6. The summed E-state index contributed by atoms with van der Waals surface area (Å²) in [4.78, 5) is 8.68. The molecule has 0 bridgehead atoms. The molecular weight excluding hydrogens is 345 g/mol. The van der Waals surface area contributed by atoms with Crippen molar-refractivity contribution in [2.45, 2.75) is 12.8 Å². The van der Waals surface area contributed by atoms with Crippen LogP contribution in [0.1, 0.15) is 17.0 Å². The summed E-state index contributed by atoms with van der Waals surface area (Å²) in [5.74, 6) is 0.329. The van der Waals surface area contributed by atoms with E-state index in [1.807, 2.05) is 30.3 Å². The van der Waals surface area contributed by atoms with Crippen LogP contribution in [0.25, 0.3) is 5.69 Å². The summed E-state index contributed by atoms with van der Waals surface area (Å²) < 4.78 is 17.2. The number of aliphatic imine (C=N–C) groups is 1. The van der Waals surface area contributed by atoms with Gasteiger partial charge in [-0.05, 0) is 17.7 Å². The van der Waals surface area contributed by atoms with E-state index < -0.39 is 0 Å². The van der Waals surface area contributed by atoms with Crippen molar-refractivity contribution in [1.29, 1.82) is 0 Å². The molecule has 8 heteroatoms. The molecule has 0 atom stereocenters. The lowest BCUT2D eigenvalue weighted by atomic mass is 10.1. The SMILES string of the molecule is Fc1ccc2c(c1)-n1nnc(Cc3ccccc3)c1CC(n1cncn1)=N2. The number of rotatable bonds is 2. The summed E-state index contributed by atoms with van der Waals surface area (Å²) in [5, 5.41) is 12.9. The third kappa shape index (κ3) is 2.80. The highest BCUT2D eigenvalue weighted by Crippen LogP contribution is 2.30. The minimum Gasteiger partial charge on any atom is -0.231 e. The van der Waals surface area contributed by atoms with Gasteiger partial charge in [-0.1, -0.05) is 35.5 Å². The minimum atomic E-state index is -0.348. The molecule has 3 heterocycles. The zero-order valence-corrected chi connectivity index (χ0v) is 14.2. The van der Waals surface area contributed by atoms with Gasteiger partial charge in [0.2, 0.25) is 0 Å². The molecule has 132 valence electrons. The summed E-state index contributed by atoms with van der Waals surface area (Å²) in [5.41, 5.74) is 3.98. The van der Waals surface area contributed by atoms with E-state index in [-0.39, 0.29) is 5.82 Å². The zero-order valence-electron chi connectivity index (χ0n) is 14.2. The van der Waals surface area contributed by atoms with Crippen LogP contribution in [0.2, 0.25) is 0 Å². The van der Waals surface area contributed by atoms with Crippen LogP contribution in [-0.2, 0) is 12.8 Å². The molecule has 0 amide bonds. The molecule has 2 aromatic heterocycles. The molecule has 0 saturated heterocycles. The minimum absolute atomic E-state index is 0.348. The molecule has 1 aliphatic heterocycles. The number of nitrogens with zero attached hydrogens (tertiary/aromatic N) is 7. The lowest BCUT2D eigenvalue weighted by molar-refractivity contribution is 0.624. The van der Waals surface area contributed by atoms with Crippen molar-refractivity contribution in [2.24, 2.45) is 4.99 Å². The van der Waals surface area contributed by atoms with Crippen LogP contribution in [-0.4, -0.2) is 35.6 Å². The van der Waals surface area contributed by atoms with Crippen molar-refractivity contribution >= 4 is 11.5 Å². The number of benzene rings is 2. The molecule has 7 nitrogen and oxygen atoms in total. The highest BCUT2D eigenvalue weighted by molar-refractivity contribution is 5.90. The summed E-state index contributed by atoms with van der Waals surface area (Å²) in [7, 11) is 0. The maximum atomic E-state index is 13.9. The fraction of sp³-hybridized carbons (Fsp3) is 0.105. The maximum absolute atomic E-state index is 13.9. The third-order valence-electron chi connectivity index (χ3n) is 4.48. The normalized spacial score (nSPS) is 12.9. The summed E-state index contributed by atoms with van der Waals surface area (Å²) >= 11 is 0. The van der Waals surface area contributed by atoms with Crippen LogP contribution < -0.4 is 0 Å². The van der Waals surface area contributed by atoms with Gasteiger partial charge in [-0.15, -0.1) is 5.10 Å². The maximum Gasteiger partial charge on any atom is 0.138 e. The van der Waals surface area contributed by atoms with Gasteiger partial charge < -0.3 is 0 Å². The number of hydrogen-bond donors (Lipinski definition) is 0. The lowest BCUT2D eigenvalue weighted by Gasteiger charge is -2.07. The van der Waals surface area contributed by atoms with E-state index in [1.54, 1.807) is 21.8 Å². The van der Waals surface area contributed by atoms with Gasteiger partial charge in [0.1, 0.15) is 24.3 Å². The molecule has 0 unspecified atom stereocenters. The third-order valence-corrected chi connectivity index (χ3v) is 4.48. The predicted molar refractivity (Wildman–Crippen MR) is 96.8 cm³/mol. The van der Waals surface area contributed by atoms with E-state index in [9.17, 15) is 4.39 Å². The van der Waals surface area contributed by atoms with Gasteiger partial charge in [0.15, 0.2) is 0 Å². The molecule has 4 aromatic rings. The Bertz CT molecular complexity index is 1130. The first-order valence-electron chi connectivity index (χ1n) is 8.48. The van der Waals surface area contributed by atoms with Gasteiger partial charge in [0.05, 0.1) is 29.2 Å². The molecular formula is C19H14FN7. The fourth-order valence-corrected chi connectivity index (χ4v) is 3.19. The van der Waals surface area contributed by atoms with Gasteiger partial charge in [0, 0.05) is 12.5 Å². The molecule has 5 rings (SSSR count). The number of aromatic nitrogens is 6. The van der Waals surface area contributed by atoms with Crippen LogP contribution in [0.15, 0.2) is 66.2 Å². The molecule has 27 heavy (non-hydrogen) atoms. The Hall–Kier alpha value is -3.68. The number of fused-ring (bicyclic) bond motifs is 3. The van der Waals surface area contributed by atoms with Gasteiger partial charge >= 0.3 is 0 Å². The number of halogens is 1. The topological polar surface area (TPSA) is 73.8 Å². The Morgan fingerprint density at radius 3 is 2.78 bits per heavy atom. The Kier molecular flexibility index (Phi) is 3.60. The second kappa shape index (κ2) is 6.24. The molecule has 0 spiro atoms. The fourth-order valence-electron chi connectivity index (χ4n) is 3.19. The molecule has 0 aliphatic carbocycles. The molecule has 0 fully saturated rings. The van der Waals surface area contributed by atoms with Crippen molar-refractivity contribution in [3.63, 3.8) is 0 Å². The lowest BCUT2D eigenvalue weighted by Crippen LogP contribution is -2.17. The van der Waals surface area contributed by atoms with E-state index in [2.05, 4.69) is 25.4 Å². The van der Waals surface area contributed by atoms with Gasteiger partial charge in [-0.3, -0.25) is 0 Å². The van der Waals surface area contributed by atoms with E-state index in [0.29, 0.717) is 30.1 Å². The van der Waals surface area contributed by atoms with Crippen LogP contribution in [0.3, 0.4) is 0 Å². The first-order valence-corrected chi connectivity index (χ1v) is 8.48. The molecule has 0 N–H and O–H groups in total. The first-order chi connectivity index (χ1) is 13.3. The quantitative estimate of drug-likeness (QED) is 0.552. The summed E-state index contributed by atoms with van der Waals surface area (Å²) in [6, 6.07) is 14.5. The highest BCUT2D eigenvalue weighted by atomic mass is 19.1. The van der Waals surface area contributed by atoms with Gasteiger partial charge in [0.25, 0.3) is 0 Å². The Morgan fingerprint density at radius 2 is 1.96 bits per heavy atom. The molecule has 2 aromatic carbocycles. The van der Waals surface area contributed by atoms with Crippen molar-refractivity contribution in [3.8, 4) is 5.69 Å². The Balaban J connectivity index is 1.67. The van der Waals surface area contributed by atoms with Gasteiger partial charge in [-0.25, -0.2) is 23.7 Å². The zero-order chi connectivity index (χ0) is 18.2. The number of hydrogen-bond acceptors (Lipinski definition) is 5. The van der Waals surface area contributed by atoms with Crippen molar-refractivity contribution in [3.05, 3.63) is 84.0 Å². The van der Waals surface area contributed by atoms with Crippen molar-refractivity contribution in [1.82, 2.24) is 29.8 Å². The average Bonchev–Trinajstić information content (AvgIpc) is 3.31. The van der Waals surface area contributed by atoms with E-state index in [0.717, 1.165) is 17.0 Å². The predicted octanol–water partition coefficient (Wildman–Crippen LogP) is 2.72. The van der Waals surface area contributed by atoms with Crippen LogP contribution in [0.4, 0.5) is 10.1 Å². The van der Waals surface area contributed by atoms with E-state index in [4.69, 9.17) is 0 Å². The average molecular weight is 359 g/mol. The van der Waals surface area contributed by atoms with Crippen LogP contribution in [0.5, 0.6) is 0 Å². The molecule has 0 saturated carbocycles. The largest absolute Gasteiger partial charge is 0.231 e. The summed E-state index contributed by atoms with van der Waals surface area (Å²) in [6.07, 6.45) is 4.14. The Morgan fingerprint density at radius 1 is 1.07 bits per heavy atom. The Labute approximate surface area is 153 Å². The van der Waals surface area contributed by atoms with E-state index in [1.165, 1.54) is 18.5 Å². The second-order valence-electron chi connectivity index (χ2n) is 6.23. The van der Waals surface area contributed by atoms with Gasteiger partial charge in [-0.2, -0.15) is 5.10 Å². The second-order valence-corrected chi connectivity index (χ2v) is 6.23. The standard InChI is InChI=1S/C19H14FN7/c20-14-6-7-15-17(9-14)27-18(10-19(23-15)26-12-21-11-22-26)16(24-25-27)8-13-4-2-1-3-5-13/h1-7,9,11-12H,8,10H2. The van der Waals surface area contributed by atoms with Crippen molar-refractivity contribution in [2.75, 3.05) is 0 Å².